The van der Waals surface area contributed by atoms with E-state index in [9.17, 15) is 21.6 Å². The molecule has 0 radical (unpaired) electrons. The summed E-state index contributed by atoms with van der Waals surface area (Å²) in [6, 6.07) is 27.4. The number of sulfone groups is 2. The van der Waals surface area contributed by atoms with Crippen LogP contribution in [0.4, 0.5) is 0 Å². The van der Waals surface area contributed by atoms with Crippen LogP contribution in [0.25, 0.3) is 16.5 Å². The predicted octanol–water partition coefficient (Wildman–Crippen LogP) is 4.89. The minimum Gasteiger partial charge on any atom is -0.293 e. The fourth-order valence-corrected chi connectivity index (χ4v) is 7.91. The van der Waals surface area contributed by atoms with E-state index in [2.05, 4.69) is 5.10 Å². The zero-order valence-corrected chi connectivity index (χ0v) is 20.7. The molecular weight excluding hydrogens is 496 g/mol. The Morgan fingerprint density at radius 2 is 1.28 bits per heavy atom. The second-order valence-electron chi connectivity index (χ2n) is 8.08. The molecule has 5 aromatic rings. The van der Waals surface area contributed by atoms with Crippen LogP contribution in [0, 0.1) is 0 Å². The molecule has 0 saturated carbocycles. The van der Waals surface area contributed by atoms with E-state index in [4.69, 9.17) is 0 Å². The van der Waals surface area contributed by atoms with Gasteiger partial charge in [0, 0.05) is 12.3 Å². The quantitative estimate of drug-likeness (QED) is 0.298. The van der Waals surface area contributed by atoms with Gasteiger partial charge in [0.15, 0.2) is 10.8 Å². The monoisotopic (exact) mass is 516 g/mol. The number of benzene rings is 4. The van der Waals surface area contributed by atoms with Crippen LogP contribution < -0.4 is 0 Å². The topological polar surface area (TPSA) is 103 Å². The van der Waals surface area contributed by atoms with Gasteiger partial charge in [-0.05, 0) is 35.7 Å². The number of hydrogen-bond donors (Lipinski definition) is 0. The molecule has 0 N–H and O–H groups in total. The van der Waals surface area contributed by atoms with Gasteiger partial charge >= 0.3 is 0 Å². The number of nitrogens with zero attached hydrogens (tertiary/aromatic N) is 2. The van der Waals surface area contributed by atoms with E-state index >= 15 is 0 Å². The average Bonchev–Trinajstić information content (AvgIpc) is 3.32. The van der Waals surface area contributed by atoms with E-state index < -0.39 is 41.1 Å². The fraction of sp³-hybridized carbons (Fsp3) is 0.0370. The van der Waals surface area contributed by atoms with Crippen molar-refractivity contribution in [1.82, 2.24) is 9.78 Å². The highest BCUT2D eigenvalue weighted by molar-refractivity contribution is 7.94. The van der Waals surface area contributed by atoms with Crippen molar-refractivity contribution in [1.29, 1.82) is 0 Å². The van der Waals surface area contributed by atoms with Crippen LogP contribution >= 0.6 is 0 Å². The van der Waals surface area contributed by atoms with E-state index in [-0.39, 0.29) is 9.79 Å². The van der Waals surface area contributed by atoms with E-state index in [0.29, 0.717) is 16.5 Å². The molecule has 9 heteroatoms. The SMILES string of the molecule is CC(=O)c1nn(-c2ccccc2)c(S(=O)(=O)c2cccc3ccccc23)c1S(=O)(=O)c1ccccc1. The van der Waals surface area contributed by atoms with Gasteiger partial charge in [0.05, 0.1) is 15.5 Å². The third kappa shape index (κ3) is 3.82. The third-order valence-electron chi connectivity index (χ3n) is 5.75. The highest BCUT2D eigenvalue weighted by atomic mass is 32.2. The fourth-order valence-electron chi connectivity index (χ4n) is 4.09. The average molecular weight is 517 g/mol. The lowest BCUT2D eigenvalue weighted by atomic mass is 10.1. The Labute approximate surface area is 208 Å². The van der Waals surface area contributed by atoms with Crippen molar-refractivity contribution in [2.24, 2.45) is 0 Å². The molecule has 36 heavy (non-hydrogen) atoms. The normalized spacial score (nSPS) is 12.0. The molecule has 0 unspecified atom stereocenters. The summed E-state index contributed by atoms with van der Waals surface area (Å²) < 4.78 is 57.5. The highest BCUT2D eigenvalue weighted by Crippen LogP contribution is 2.37. The summed E-state index contributed by atoms with van der Waals surface area (Å²) in [6.45, 7) is 1.16. The molecule has 0 aliphatic rings. The maximum atomic E-state index is 14.3. The molecular formula is C27H20N2O5S2. The molecule has 0 aliphatic carbocycles. The van der Waals surface area contributed by atoms with Crippen molar-refractivity contribution >= 4 is 36.2 Å². The number of para-hydroxylation sites is 1. The maximum absolute atomic E-state index is 14.3. The number of ketones is 1. The van der Waals surface area contributed by atoms with E-state index in [1.165, 1.54) is 30.3 Å². The number of Topliss-reactive ketones (excluding diaryl/α,β-unsaturated/α-hetero) is 1. The molecule has 180 valence electrons. The molecule has 0 bridgehead atoms. The van der Waals surface area contributed by atoms with Gasteiger partial charge in [-0.3, -0.25) is 4.79 Å². The lowest BCUT2D eigenvalue weighted by molar-refractivity contribution is 0.100. The van der Waals surface area contributed by atoms with Crippen LogP contribution in [0.2, 0.25) is 0 Å². The lowest BCUT2D eigenvalue weighted by Crippen LogP contribution is -2.15. The van der Waals surface area contributed by atoms with Gasteiger partial charge in [-0.15, -0.1) is 0 Å². The smallest absolute Gasteiger partial charge is 0.225 e. The molecule has 7 nitrogen and oxygen atoms in total. The molecule has 0 aliphatic heterocycles. The van der Waals surface area contributed by atoms with E-state index in [0.717, 1.165) is 11.6 Å². The highest BCUT2D eigenvalue weighted by Gasteiger charge is 2.39. The summed E-state index contributed by atoms with van der Waals surface area (Å²) in [6.07, 6.45) is 0. The summed E-state index contributed by atoms with van der Waals surface area (Å²) in [4.78, 5) is 11.8. The van der Waals surface area contributed by atoms with Crippen molar-refractivity contribution in [3.8, 4) is 5.69 Å². The molecule has 0 fully saturated rings. The van der Waals surface area contributed by atoms with Crippen LogP contribution in [0.3, 0.4) is 0 Å². The Bertz CT molecular complexity index is 1820. The van der Waals surface area contributed by atoms with Crippen molar-refractivity contribution in [2.75, 3.05) is 0 Å². The van der Waals surface area contributed by atoms with Crippen LogP contribution in [0.5, 0.6) is 0 Å². The number of fused-ring (bicyclic) bond motifs is 1. The first kappa shape index (κ1) is 23.7. The van der Waals surface area contributed by atoms with E-state index in [1.54, 1.807) is 72.8 Å². The van der Waals surface area contributed by atoms with Crippen molar-refractivity contribution in [2.45, 2.75) is 26.6 Å². The van der Waals surface area contributed by atoms with Gasteiger partial charge in [0.2, 0.25) is 19.7 Å². The number of rotatable bonds is 6. The Hall–Kier alpha value is -4.08. The zero-order valence-electron chi connectivity index (χ0n) is 19.1. The van der Waals surface area contributed by atoms with Crippen LogP contribution in [0.15, 0.2) is 123 Å². The van der Waals surface area contributed by atoms with Crippen LogP contribution in [-0.2, 0) is 19.7 Å². The van der Waals surface area contributed by atoms with E-state index in [1.807, 2.05) is 0 Å². The number of carbonyl (C=O) groups excluding carboxylic acids is 1. The Balaban J connectivity index is 1.95. The van der Waals surface area contributed by atoms with Gasteiger partial charge in [0.1, 0.15) is 10.6 Å². The zero-order chi connectivity index (χ0) is 25.5. The number of carbonyl (C=O) groups is 1. The van der Waals surface area contributed by atoms with Gasteiger partial charge in [0.25, 0.3) is 0 Å². The number of aromatic nitrogens is 2. The van der Waals surface area contributed by atoms with Crippen molar-refractivity contribution in [3.63, 3.8) is 0 Å². The Morgan fingerprint density at radius 1 is 0.694 bits per heavy atom. The minimum atomic E-state index is -4.51. The molecule has 1 aromatic heterocycles. The summed E-state index contributed by atoms with van der Waals surface area (Å²) in [5.41, 5.74) is -0.144. The summed E-state index contributed by atoms with van der Waals surface area (Å²) in [5, 5.41) is 4.76. The first-order valence-corrected chi connectivity index (χ1v) is 13.9. The minimum absolute atomic E-state index is 0.0858. The molecule has 5 rings (SSSR count). The first-order valence-electron chi connectivity index (χ1n) is 11.0. The standard InChI is InChI=1S/C27H20N2O5S2/c1-19(30)25-26(35(31,32)22-15-6-3-7-16-22)27(29(28-25)21-13-4-2-5-14-21)36(33,34)24-18-10-12-20-11-8-9-17-23(20)24/h2-18H,1H3. The maximum Gasteiger partial charge on any atom is 0.225 e. The second kappa shape index (κ2) is 8.85. The molecule has 1 heterocycles. The van der Waals surface area contributed by atoms with Crippen LogP contribution in [-0.4, -0.2) is 32.4 Å². The van der Waals surface area contributed by atoms with Gasteiger partial charge in [-0.2, -0.15) is 5.10 Å². The second-order valence-corrected chi connectivity index (χ2v) is 11.8. The summed E-state index contributed by atoms with van der Waals surface area (Å²) >= 11 is 0. The molecule has 0 saturated heterocycles. The molecule has 4 aromatic carbocycles. The van der Waals surface area contributed by atoms with Crippen LogP contribution in [0.1, 0.15) is 17.4 Å². The molecule has 0 atom stereocenters. The molecule has 0 spiro atoms. The first-order chi connectivity index (χ1) is 17.2. The van der Waals surface area contributed by atoms with Crippen molar-refractivity contribution < 1.29 is 21.6 Å². The Kier molecular flexibility index (Phi) is 5.82. The predicted molar refractivity (Wildman–Crippen MR) is 135 cm³/mol. The summed E-state index contributed by atoms with van der Waals surface area (Å²) in [5.74, 6) is -0.673. The largest absolute Gasteiger partial charge is 0.293 e. The van der Waals surface area contributed by atoms with Crippen molar-refractivity contribution in [3.05, 3.63) is 109 Å². The third-order valence-corrected chi connectivity index (χ3v) is 9.52. The van der Waals surface area contributed by atoms with Gasteiger partial charge in [-0.1, -0.05) is 72.8 Å². The van der Waals surface area contributed by atoms with Gasteiger partial charge < -0.3 is 0 Å². The number of hydrogen-bond acceptors (Lipinski definition) is 6. The lowest BCUT2D eigenvalue weighted by Gasteiger charge is -2.13. The Morgan fingerprint density at radius 3 is 1.94 bits per heavy atom. The molecule has 0 amide bonds. The summed E-state index contributed by atoms with van der Waals surface area (Å²) in [7, 11) is -8.97. The van der Waals surface area contributed by atoms with Gasteiger partial charge in [-0.25, -0.2) is 21.5 Å².